The lowest BCUT2D eigenvalue weighted by Crippen LogP contribution is -2.56. The fourth-order valence-electron chi connectivity index (χ4n) is 1.77. The Morgan fingerprint density at radius 2 is 1.69 bits per heavy atom. The van der Waals surface area contributed by atoms with Gasteiger partial charge in [0, 0.05) is 13.3 Å². The van der Waals surface area contributed by atoms with Gasteiger partial charge in [0.05, 0.1) is 12.0 Å². The van der Waals surface area contributed by atoms with Crippen molar-refractivity contribution in [2.75, 3.05) is 0 Å². The van der Waals surface area contributed by atoms with Crippen LogP contribution in [0.2, 0.25) is 0 Å². The van der Waals surface area contributed by atoms with Gasteiger partial charge >= 0.3 is 11.9 Å². The van der Waals surface area contributed by atoms with Crippen molar-refractivity contribution in [3.8, 4) is 0 Å². The Labute approximate surface area is 91.3 Å². The molecule has 0 amide bonds. The number of carboxylic acids is 1. The molecule has 1 aliphatic rings. The van der Waals surface area contributed by atoms with Crippen molar-refractivity contribution < 1.29 is 34.8 Å². The minimum atomic E-state index is -1.64. The Morgan fingerprint density at radius 3 is 2.12 bits per heavy atom. The Balaban J connectivity index is 2.80. The van der Waals surface area contributed by atoms with E-state index in [-0.39, 0.29) is 6.42 Å². The fourth-order valence-corrected chi connectivity index (χ4v) is 1.77. The van der Waals surface area contributed by atoms with Gasteiger partial charge in [0.15, 0.2) is 0 Å². The first kappa shape index (κ1) is 12.9. The lowest BCUT2D eigenvalue weighted by Gasteiger charge is -2.37. The number of carbonyl (C=O) groups is 2. The molecule has 1 rings (SSSR count). The summed E-state index contributed by atoms with van der Waals surface area (Å²) in [4.78, 5) is 21.5. The number of carbonyl (C=O) groups excluding carboxylic acids is 1. The molecule has 0 bridgehead atoms. The molecule has 0 radical (unpaired) electrons. The minimum Gasteiger partial charge on any atom is -0.481 e. The van der Waals surface area contributed by atoms with Gasteiger partial charge in [-0.1, -0.05) is 0 Å². The molecular weight excluding hydrogens is 220 g/mol. The van der Waals surface area contributed by atoms with Crippen LogP contribution in [0, 0.1) is 5.92 Å². The Kier molecular flexibility index (Phi) is 3.84. The van der Waals surface area contributed by atoms with Crippen LogP contribution in [0.4, 0.5) is 0 Å². The molecule has 7 heteroatoms. The lowest BCUT2D eigenvalue weighted by molar-refractivity contribution is -0.192. The maximum absolute atomic E-state index is 10.8. The molecule has 5 atom stereocenters. The van der Waals surface area contributed by atoms with Crippen LogP contribution < -0.4 is 0 Å². The molecule has 0 aromatic rings. The van der Waals surface area contributed by atoms with E-state index in [2.05, 4.69) is 4.74 Å². The van der Waals surface area contributed by atoms with Crippen LogP contribution in [0.15, 0.2) is 0 Å². The summed E-state index contributed by atoms with van der Waals surface area (Å²) in [6.07, 6.45) is -6.03. The molecule has 0 aromatic heterocycles. The zero-order chi connectivity index (χ0) is 12.5. The van der Waals surface area contributed by atoms with E-state index in [9.17, 15) is 24.9 Å². The van der Waals surface area contributed by atoms with Gasteiger partial charge in [-0.15, -0.1) is 0 Å². The highest BCUT2D eigenvalue weighted by atomic mass is 16.6. The van der Waals surface area contributed by atoms with Crippen LogP contribution in [-0.4, -0.2) is 56.8 Å². The van der Waals surface area contributed by atoms with E-state index < -0.39 is 42.3 Å². The Morgan fingerprint density at radius 1 is 1.12 bits per heavy atom. The summed E-state index contributed by atoms with van der Waals surface area (Å²) >= 11 is 0. The highest BCUT2D eigenvalue weighted by Gasteiger charge is 2.47. The topological polar surface area (TPSA) is 124 Å². The van der Waals surface area contributed by atoms with Gasteiger partial charge in [0.25, 0.3) is 0 Å². The lowest BCUT2D eigenvalue weighted by atomic mass is 9.81. The molecule has 1 aliphatic carbocycles. The van der Waals surface area contributed by atoms with E-state index in [4.69, 9.17) is 5.11 Å². The smallest absolute Gasteiger partial charge is 0.309 e. The van der Waals surface area contributed by atoms with Crippen molar-refractivity contribution >= 4 is 11.9 Å². The summed E-state index contributed by atoms with van der Waals surface area (Å²) in [7, 11) is 0. The third-order valence-electron chi connectivity index (χ3n) is 2.61. The molecule has 0 saturated heterocycles. The molecule has 1 saturated carbocycles. The molecule has 0 heterocycles. The van der Waals surface area contributed by atoms with Crippen molar-refractivity contribution in [2.24, 2.45) is 5.92 Å². The van der Waals surface area contributed by atoms with Gasteiger partial charge in [-0.05, 0) is 0 Å². The summed E-state index contributed by atoms with van der Waals surface area (Å²) in [5.41, 5.74) is 0. The van der Waals surface area contributed by atoms with Crippen molar-refractivity contribution in [3.63, 3.8) is 0 Å². The largest absolute Gasteiger partial charge is 0.481 e. The molecule has 2 unspecified atom stereocenters. The molecule has 0 aromatic carbocycles. The maximum Gasteiger partial charge on any atom is 0.309 e. The molecule has 16 heavy (non-hydrogen) atoms. The second-order valence-corrected chi connectivity index (χ2v) is 3.80. The van der Waals surface area contributed by atoms with Gasteiger partial charge in [0.1, 0.15) is 18.3 Å². The zero-order valence-electron chi connectivity index (χ0n) is 8.61. The summed E-state index contributed by atoms with van der Waals surface area (Å²) in [5.74, 6) is -3.25. The Hall–Kier alpha value is -1.18. The van der Waals surface area contributed by atoms with E-state index in [0.29, 0.717) is 0 Å². The Bertz CT molecular complexity index is 288. The summed E-state index contributed by atoms with van der Waals surface area (Å²) < 4.78 is 4.68. The van der Waals surface area contributed by atoms with E-state index in [0.717, 1.165) is 6.92 Å². The molecule has 92 valence electrons. The number of hydrogen-bond acceptors (Lipinski definition) is 6. The zero-order valence-corrected chi connectivity index (χ0v) is 8.61. The fraction of sp³-hybridized carbons (Fsp3) is 0.778. The predicted octanol–water partition coefficient (Wildman–Crippen LogP) is -1.89. The van der Waals surface area contributed by atoms with Crippen molar-refractivity contribution in [2.45, 2.75) is 37.8 Å². The molecule has 0 spiro atoms. The van der Waals surface area contributed by atoms with Crippen LogP contribution in [-0.2, 0) is 14.3 Å². The molecule has 0 aliphatic heterocycles. The second-order valence-electron chi connectivity index (χ2n) is 3.80. The summed E-state index contributed by atoms with van der Waals surface area (Å²) in [6.45, 7) is 1.11. The van der Waals surface area contributed by atoms with Gasteiger partial charge in [-0.25, -0.2) is 0 Å². The van der Waals surface area contributed by atoms with E-state index in [1.54, 1.807) is 0 Å². The second kappa shape index (κ2) is 4.77. The molecular formula is C9H14O7. The molecule has 4 N–H and O–H groups in total. The minimum absolute atomic E-state index is 0.228. The number of rotatable bonds is 2. The van der Waals surface area contributed by atoms with E-state index in [1.165, 1.54) is 0 Å². The number of aliphatic hydroxyl groups is 3. The predicted molar refractivity (Wildman–Crippen MR) is 49.3 cm³/mol. The normalized spacial score (nSPS) is 39.1. The maximum atomic E-state index is 10.8. The third-order valence-corrected chi connectivity index (χ3v) is 2.61. The number of aliphatic hydroxyl groups excluding tert-OH is 3. The van der Waals surface area contributed by atoms with E-state index in [1.807, 2.05) is 0 Å². The standard InChI is InChI=1S/C9H14O7/c1-3(10)16-5-2-4(9(14)15)6(11)8(13)7(5)12/h4-8,11-13H,2H2,1H3,(H,14,15)/t4?,5-,6-,7?,8+/m1/s1. The average Bonchev–Trinajstić information content (AvgIpc) is 2.18. The van der Waals surface area contributed by atoms with Crippen molar-refractivity contribution in [1.29, 1.82) is 0 Å². The van der Waals surface area contributed by atoms with Crippen molar-refractivity contribution in [3.05, 3.63) is 0 Å². The van der Waals surface area contributed by atoms with Crippen LogP contribution in [0.25, 0.3) is 0 Å². The number of aliphatic carboxylic acids is 1. The van der Waals surface area contributed by atoms with Crippen LogP contribution >= 0.6 is 0 Å². The highest BCUT2D eigenvalue weighted by molar-refractivity contribution is 5.71. The monoisotopic (exact) mass is 234 g/mol. The first-order valence-corrected chi connectivity index (χ1v) is 4.78. The number of esters is 1. The number of hydrogen-bond donors (Lipinski definition) is 4. The van der Waals surface area contributed by atoms with Crippen LogP contribution in [0.1, 0.15) is 13.3 Å². The van der Waals surface area contributed by atoms with Gasteiger partial charge in [-0.2, -0.15) is 0 Å². The highest BCUT2D eigenvalue weighted by Crippen LogP contribution is 2.28. The quantitative estimate of drug-likeness (QED) is 0.411. The molecule has 7 nitrogen and oxygen atoms in total. The van der Waals surface area contributed by atoms with Gasteiger partial charge in [-0.3, -0.25) is 9.59 Å². The average molecular weight is 234 g/mol. The van der Waals surface area contributed by atoms with Crippen molar-refractivity contribution in [1.82, 2.24) is 0 Å². The van der Waals surface area contributed by atoms with Gasteiger partial charge in [0.2, 0.25) is 0 Å². The number of ether oxygens (including phenoxy) is 1. The number of carboxylic acid groups (broad SMARTS) is 1. The van der Waals surface area contributed by atoms with Crippen LogP contribution in [0.3, 0.4) is 0 Å². The SMILES string of the molecule is CC(=O)O[C@@H]1CC(C(=O)O)[C@@H](O)[C@H](O)C1O. The summed E-state index contributed by atoms with van der Waals surface area (Å²) in [6, 6.07) is 0. The van der Waals surface area contributed by atoms with Crippen LogP contribution in [0.5, 0.6) is 0 Å². The van der Waals surface area contributed by atoms with Gasteiger partial charge < -0.3 is 25.2 Å². The first-order valence-electron chi connectivity index (χ1n) is 4.78. The third kappa shape index (κ3) is 2.49. The first-order chi connectivity index (χ1) is 7.34. The van der Waals surface area contributed by atoms with E-state index >= 15 is 0 Å². The molecule has 1 fully saturated rings. The summed E-state index contributed by atoms with van der Waals surface area (Å²) in [5, 5.41) is 37.0.